The first kappa shape index (κ1) is 21.0. The Bertz CT molecular complexity index is 1140. The molecule has 8 heteroatoms. The van der Waals surface area contributed by atoms with Gasteiger partial charge in [-0.25, -0.2) is 9.69 Å². The molecule has 0 saturated heterocycles. The zero-order valence-corrected chi connectivity index (χ0v) is 18.5. The number of amides is 1. The number of aromatic nitrogens is 2. The summed E-state index contributed by atoms with van der Waals surface area (Å²) in [4.78, 5) is 23.9. The molecule has 0 spiro atoms. The van der Waals surface area contributed by atoms with Crippen molar-refractivity contribution in [2.75, 3.05) is 0 Å². The van der Waals surface area contributed by atoms with Crippen LogP contribution in [0.5, 0.6) is 0 Å². The van der Waals surface area contributed by atoms with Gasteiger partial charge in [-0.1, -0.05) is 46.3 Å². The zero-order valence-electron chi connectivity index (χ0n) is 16.9. The number of carbonyl (C=O) groups excluding carboxylic acids is 1. The first-order valence-electron chi connectivity index (χ1n) is 9.91. The van der Waals surface area contributed by atoms with Gasteiger partial charge in [-0.2, -0.15) is 10.2 Å². The van der Waals surface area contributed by atoms with E-state index < -0.39 is 5.97 Å². The maximum atomic E-state index is 12.9. The number of halogens is 1. The largest absolute Gasteiger partial charge is 0.481 e. The van der Waals surface area contributed by atoms with Crippen molar-refractivity contribution in [1.82, 2.24) is 14.8 Å². The molecule has 0 saturated carbocycles. The van der Waals surface area contributed by atoms with Gasteiger partial charge >= 0.3 is 5.97 Å². The minimum Gasteiger partial charge on any atom is -0.481 e. The maximum absolute atomic E-state index is 12.9. The molecule has 3 aromatic rings. The van der Waals surface area contributed by atoms with E-state index in [4.69, 9.17) is 5.11 Å². The molecule has 7 nitrogen and oxygen atoms in total. The van der Waals surface area contributed by atoms with Gasteiger partial charge < -0.3 is 5.11 Å². The first-order valence-corrected chi connectivity index (χ1v) is 10.7. The molecule has 1 aromatic heterocycles. The number of benzene rings is 2. The molecular weight excluding hydrogens is 460 g/mol. The van der Waals surface area contributed by atoms with Crippen molar-refractivity contribution in [2.45, 2.75) is 32.2 Å². The third-order valence-corrected chi connectivity index (χ3v) is 5.74. The molecule has 2 heterocycles. The van der Waals surface area contributed by atoms with E-state index >= 15 is 0 Å². The monoisotopic (exact) mass is 480 g/mol. The van der Waals surface area contributed by atoms with Gasteiger partial charge in [-0.05, 0) is 36.8 Å². The fourth-order valence-corrected chi connectivity index (χ4v) is 3.91. The highest BCUT2D eigenvalue weighted by molar-refractivity contribution is 9.10. The second-order valence-corrected chi connectivity index (χ2v) is 8.27. The second kappa shape index (κ2) is 8.85. The molecule has 158 valence electrons. The van der Waals surface area contributed by atoms with Gasteiger partial charge in [0, 0.05) is 29.1 Å². The molecule has 4 rings (SSSR count). The normalized spacial score (nSPS) is 15.7. The minimum absolute atomic E-state index is 0.102. The topological polar surface area (TPSA) is 87.8 Å². The number of carboxylic acid groups (broad SMARTS) is 1. The van der Waals surface area contributed by atoms with E-state index in [1.54, 1.807) is 4.68 Å². The molecule has 1 aliphatic rings. The third kappa shape index (κ3) is 4.59. The molecule has 1 atom stereocenters. The molecule has 1 aliphatic heterocycles. The highest BCUT2D eigenvalue weighted by atomic mass is 79.9. The summed E-state index contributed by atoms with van der Waals surface area (Å²) in [6.07, 6.45) is 2.12. The average molecular weight is 481 g/mol. The Labute approximate surface area is 188 Å². The highest BCUT2D eigenvalue weighted by Gasteiger charge is 2.35. The number of aliphatic carboxylic acids is 1. The summed E-state index contributed by atoms with van der Waals surface area (Å²) < 4.78 is 2.75. The van der Waals surface area contributed by atoms with Crippen LogP contribution >= 0.6 is 15.9 Å². The van der Waals surface area contributed by atoms with E-state index in [1.807, 2.05) is 67.7 Å². The lowest BCUT2D eigenvalue weighted by Crippen LogP contribution is -2.27. The van der Waals surface area contributed by atoms with E-state index in [0.29, 0.717) is 6.42 Å². The van der Waals surface area contributed by atoms with Crippen molar-refractivity contribution in [2.24, 2.45) is 5.10 Å². The quantitative estimate of drug-likeness (QED) is 0.562. The SMILES string of the molecule is Cc1nn(-c2ccccc2)cc1[C@@H]1CC(c2ccc(Br)cc2)=NN1C(=O)CCC(=O)O. The van der Waals surface area contributed by atoms with Crippen molar-refractivity contribution >= 4 is 33.5 Å². The zero-order chi connectivity index (χ0) is 22.0. The molecular formula is C23H21BrN4O3. The lowest BCUT2D eigenvalue weighted by atomic mass is 9.99. The van der Waals surface area contributed by atoms with Crippen LogP contribution in [0, 0.1) is 6.92 Å². The average Bonchev–Trinajstić information content (AvgIpc) is 3.37. The molecule has 0 radical (unpaired) electrons. The number of carbonyl (C=O) groups is 2. The fourth-order valence-electron chi connectivity index (χ4n) is 3.64. The molecule has 2 aromatic carbocycles. The minimum atomic E-state index is -1.01. The summed E-state index contributed by atoms with van der Waals surface area (Å²) in [6, 6.07) is 17.2. The van der Waals surface area contributed by atoms with Gasteiger partial charge in [-0.15, -0.1) is 0 Å². The van der Waals surface area contributed by atoms with Crippen molar-refractivity contribution in [3.05, 3.63) is 82.1 Å². The number of hydrogen-bond acceptors (Lipinski definition) is 4. The van der Waals surface area contributed by atoms with Gasteiger partial charge in [0.2, 0.25) is 5.91 Å². The van der Waals surface area contributed by atoms with Crippen LogP contribution in [0.1, 0.15) is 42.1 Å². The number of hydrazone groups is 1. The Hall–Kier alpha value is -3.26. The number of carboxylic acids is 1. The number of nitrogens with zero attached hydrogens (tertiary/aromatic N) is 4. The Balaban J connectivity index is 1.68. The van der Waals surface area contributed by atoms with E-state index in [9.17, 15) is 9.59 Å². The smallest absolute Gasteiger partial charge is 0.303 e. The molecule has 1 N–H and O–H groups in total. The van der Waals surface area contributed by atoms with Gasteiger partial charge in [0.05, 0.1) is 29.6 Å². The number of rotatable bonds is 6. The van der Waals surface area contributed by atoms with Crippen molar-refractivity contribution in [3.63, 3.8) is 0 Å². The van der Waals surface area contributed by atoms with Gasteiger partial charge in [0.25, 0.3) is 0 Å². The summed E-state index contributed by atoms with van der Waals surface area (Å²) in [5.74, 6) is -1.32. The summed E-state index contributed by atoms with van der Waals surface area (Å²) in [5.41, 5.74) is 4.33. The Kier molecular flexibility index (Phi) is 5.99. The van der Waals surface area contributed by atoms with Gasteiger partial charge in [-0.3, -0.25) is 9.59 Å². The first-order chi connectivity index (χ1) is 14.9. The summed E-state index contributed by atoms with van der Waals surface area (Å²) in [5, 5.41) is 19.7. The van der Waals surface area contributed by atoms with E-state index in [0.717, 1.165) is 32.7 Å². The standard InChI is InChI=1S/C23H21BrN4O3/c1-15-19(14-27(25-15)18-5-3-2-4-6-18)21-13-20(16-7-9-17(24)10-8-16)26-28(21)22(29)11-12-23(30)31/h2-10,14,21H,11-13H2,1H3,(H,30,31)/t21-/m0/s1. The van der Waals surface area contributed by atoms with Crippen LogP contribution in [0.15, 0.2) is 70.4 Å². The predicted molar refractivity (Wildman–Crippen MR) is 120 cm³/mol. The van der Waals surface area contributed by atoms with Gasteiger partial charge in [0.15, 0.2) is 0 Å². The van der Waals surface area contributed by atoms with Crippen LogP contribution in [-0.2, 0) is 9.59 Å². The third-order valence-electron chi connectivity index (χ3n) is 5.21. The van der Waals surface area contributed by atoms with Crippen molar-refractivity contribution in [1.29, 1.82) is 0 Å². The van der Waals surface area contributed by atoms with E-state index in [1.165, 1.54) is 5.01 Å². The molecule has 31 heavy (non-hydrogen) atoms. The summed E-state index contributed by atoms with van der Waals surface area (Å²) >= 11 is 3.44. The van der Waals surface area contributed by atoms with Gasteiger partial charge in [0.1, 0.15) is 0 Å². The number of aryl methyl sites for hydroxylation is 1. The molecule has 1 amide bonds. The van der Waals surface area contributed by atoms with Crippen LogP contribution in [0.4, 0.5) is 0 Å². The van der Waals surface area contributed by atoms with Crippen LogP contribution in [0.3, 0.4) is 0 Å². The lowest BCUT2D eigenvalue weighted by molar-refractivity contribution is -0.141. The van der Waals surface area contributed by atoms with Crippen molar-refractivity contribution < 1.29 is 14.7 Å². The number of para-hydroxylation sites is 1. The Morgan fingerprint density at radius 2 is 1.81 bits per heavy atom. The predicted octanol–water partition coefficient (Wildman–Crippen LogP) is 4.49. The van der Waals surface area contributed by atoms with Crippen LogP contribution in [0.2, 0.25) is 0 Å². The van der Waals surface area contributed by atoms with Crippen LogP contribution in [-0.4, -0.2) is 37.5 Å². The van der Waals surface area contributed by atoms with Crippen molar-refractivity contribution in [3.8, 4) is 5.69 Å². The highest BCUT2D eigenvalue weighted by Crippen LogP contribution is 2.35. The molecule has 0 fully saturated rings. The Morgan fingerprint density at radius 1 is 1.10 bits per heavy atom. The second-order valence-electron chi connectivity index (χ2n) is 7.36. The maximum Gasteiger partial charge on any atom is 0.303 e. The van der Waals surface area contributed by atoms with E-state index in [-0.39, 0.29) is 24.8 Å². The summed E-state index contributed by atoms with van der Waals surface area (Å²) in [7, 11) is 0. The lowest BCUT2D eigenvalue weighted by Gasteiger charge is -2.21. The molecule has 0 unspecified atom stereocenters. The van der Waals surface area contributed by atoms with Crippen LogP contribution in [0.25, 0.3) is 5.69 Å². The van der Waals surface area contributed by atoms with E-state index in [2.05, 4.69) is 26.1 Å². The number of hydrogen-bond donors (Lipinski definition) is 1. The van der Waals surface area contributed by atoms with Crippen LogP contribution < -0.4 is 0 Å². The summed E-state index contributed by atoms with van der Waals surface area (Å²) in [6.45, 7) is 1.91. The molecule has 0 bridgehead atoms. The molecule has 0 aliphatic carbocycles. The fraction of sp³-hybridized carbons (Fsp3) is 0.217. The Morgan fingerprint density at radius 3 is 2.48 bits per heavy atom.